The molecule has 1 aromatic carbocycles. The molecule has 0 amide bonds. The molecule has 1 unspecified atom stereocenters. The van der Waals surface area contributed by atoms with Crippen LogP contribution < -0.4 is 0 Å². The first-order chi connectivity index (χ1) is 8.63. The van der Waals surface area contributed by atoms with Gasteiger partial charge in [0.05, 0.1) is 17.5 Å². The van der Waals surface area contributed by atoms with Gasteiger partial charge in [0.15, 0.2) is 0 Å². The maximum Gasteiger partial charge on any atom is 0.0770 e. The second-order valence-electron chi connectivity index (χ2n) is 5.26. The maximum atomic E-state index is 9.54. The van der Waals surface area contributed by atoms with Gasteiger partial charge in [-0.05, 0) is 50.9 Å². The van der Waals surface area contributed by atoms with Gasteiger partial charge in [0.1, 0.15) is 0 Å². The van der Waals surface area contributed by atoms with Crippen molar-refractivity contribution < 1.29 is 0 Å². The summed E-state index contributed by atoms with van der Waals surface area (Å²) >= 11 is 1.75. The molecule has 1 aliphatic carbocycles. The van der Waals surface area contributed by atoms with Crippen LogP contribution in [-0.4, -0.2) is 25.3 Å². The molecule has 18 heavy (non-hydrogen) atoms. The van der Waals surface area contributed by atoms with E-state index in [2.05, 4.69) is 55.6 Å². The molecule has 0 N–H and O–H groups in total. The maximum absolute atomic E-state index is 9.54. The predicted octanol–water partition coefficient (Wildman–Crippen LogP) is 3.71. The van der Waals surface area contributed by atoms with Crippen LogP contribution in [-0.2, 0) is 0 Å². The predicted molar refractivity (Wildman–Crippen MR) is 76.5 cm³/mol. The van der Waals surface area contributed by atoms with Crippen LogP contribution in [0.4, 0.5) is 0 Å². The van der Waals surface area contributed by atoms with Crippen molar-refractivity contribution in [2.75, 3.05) is 20.4 Å². The third kappa shape index (κ3) is 2.28. The summed E-state index contributed by atoms with van der Waals surface area (Å²) < 4.78 is 0. The van der Waals surface area contributed by atoms with Gasteiger partial charge in [0, 0.05) is 4.90 Å². The number of nitrogens with zero attached hydrogens (tertiary/aromatic N) is 2. The Morgan fingerprint density at radius 1 is 1.28 bits per heavy atom. The molecule has 0 heterocycles. The SMILES string of the molecule is CSc1ccc(C(N(C)C)C2(C#N)CCC2)cc1. The van der Waals surface area contributed by atoms with Gasteiger partial charge in [-0.3, -0.25) is 0 Å². The summed E-state index contributed by atoms with van der Waals surface area (Å²) in [5, 5.41) is 9.54. The van der Waals surface area contributed by atoms with Gasteiger partial charge in [0.25, 0.3) is 0 Å². The van der Waals surface area contributed by atoms with Crippen LogP contribution in [0.1, 0.15) is 30.9 Å². The van der Waals surface area contributed by atoms with Crippen molar-refractivity contribution in [1.82, 2.24) is 4.90 Å². The van der Waals surface area contributed by atoms with E-state index < -0.39 is 0 Å². The monoisotopic (exact) mass is 260 g/mol. The van der Waals surface area contributed by atoms with Gasteiger partial charge >= 0.3 is 0 Å². The van der Waals surface area contributed by atoms with Crippen LogP contribution >= 0.6 is 11.8 Å². The fraction of sp³-hybridized carbons (Fsp3) is 0.533. The molecule has 2 rings (SSSR count). The van der Waals surface area contributed by atoms with Crippen LogP contribution in [0, 0.1) is 16.7 Å². The van der Waals surface area contributed by atoms with Crippen LogP contribution in [0.25, 0.3) is 0 Å². The number of hydrogen-bond donors (Lipinski definition) is 0. The Bertz CT molecular complexity index is 441. The van der Waals surface area contributed by atoms with Crippen molar-refractivity contribution in [2.24, 2.45) is 5.41 Å². The molecule has 1 atom stereocenters. The minimum Gasteiger partial charge on any atom is -0.301 e. The largest absolute Gasteiger partial charge is 0.301 e. The lowest BCUT2D eigenvalue weighted by molar-refractivity contribution is 0.0748. The minimum atomic E-state index is -0.176. The first-order valence-corrected chi connectivity index (χ1v) is 7.57. The van der Waals surface area contributed by atoms with E-state index in [4.69, 9.17) is 0 Å². The van der Waals surface area contributed by atoms with E-state index in [0.29, 0.717) is 0 Å². The Labute approximate surface area is 114 Å². The summed E-state index contributed by atoms with van der Waals surface area (Å²) in [5.74, 6) is 0. The molecule has 0 aromatic heterocycles. The molecule has 1 aromatic rings. The summed E-state index contributed by atoms with van der Waals surface area (Å²) in [6.45, 7) is 0. The topological polar surface area (TPSA) is 27.0 Å². The fourth-order valence-electron chi connectivity index (χ4n) is 2.90. The second-order valence-corrected chi connectivity index (χ2v) is 6.14. The summed E-state index contributed by atoms with van der Waals surface area (Å²) in [7, 11) is 4.15. The van der Waals surface area contributed by atoms with E-state index in [1.165, 1.54) is 16.9 Å². The van der Waals surface area contributed by atoms with Crippen molar-refractivity contribution in [3.05, 3.63) is 29.8 Å². The van der Waals surface area contributed by atoms with Crippen molar-refractivity contribution >= 4 is 11.8 Å². The second kappa shape index (κ2) is 5.34. The zero-order chi connectivity index (χ0) is 13.2. The summed E-state index contributed by atoms with van der Waals surface area (Å²) in [4.78, 5) is 3.46. The van der Waals surface area contributed by atoms with Crippen molar-refractivity contribution in [2.45, 2.75) is 30.2 Å². The standard InChI is InChI=1S/C15H20N2S/c1-17(2)14(15(11-16)9-4-10-15)12-5-7-13(18-3)8-6-12/h5-8,14H,4,9-10H2,1-3H3. The molecule has 1 fully saturated rings. The van der Waals surface area contributed by atoms with Crippen LogP contribution in [0.3, 0.4) is 0 Å². The van der Waals surface area contributed by atoms with Crippen molar-refractivity contribution in [3.8, 4) is 6.07 Å². The molecule has 1 aliphatic rings. The molecule has 0 aliphatic heterocycles. The van der Waals surface area contributed by atoms with Crippen molar-refractivity contribution in [1.29, 1.82) is 5.26 Å². The normalized spacial score (nSPS) is 19.1. The van der Waals surface area contributed by atoms with Crippen LogP contribution in [0.15, 0.2) is 29.2 Å². The molecule has 1 saturated carbocycles. The molecule has 0 saturated heterocycles. The zero-order valence-electron chi connectivity index (χ0n) is 11.3. The highest BCUT2D eigenvalue weighted by atomic mass is 32.2. The number of hydrogen-bond acceptors (Lipinski definition) is 3. The summed E-state index contributed by atoms with van der Waals surface area (Å²) in [5.41, 5.74) is 1.09. The first kappa shape index (κ1) is 13.5. The lowest BCUT2D eigenvalue weighted by Crippen LogP contribution is -2.41. The lowest BCUT2D eigenvalue weighted by atomic mass is 9.63. The first-order valence-electron chi connectivity index (χ1n) is 6.34. The van der Waals surface area contributed by atoms with Gasteiger partial charge < -0.3 is 4.90 Å². The zero-order valence-corrected chi connectivity index (χ0v) is 12.1. The Balaban J connectivity index is 2.33. The third-order valence-electron chi connectivity index (χ3n) is 3.94. The Morgan fingerprint density at radius 3 is 2.22 bits per heavy atom. The van der Waals surface area contributed by atoms with Crippen molar-refractivity contribution in [3.63, 3.8) is 0 Å². The number of nitriles is 1. The third-order valence-corrected chi connectivity index (χ3v) is 4.68. The fourth-order valence-corrected chi connectivity index (χ4v) is 3.31. The average Bonchev–Trinajstić information content (AvgIpc) is 2.33. The summed E-state index contributed by atoms with van der Waals surface area (Å²) in [6.07, 6.45) is 5.31. The summed E-state index contributed by atoms with van der Waals surface area (Å²) in [6, 6.07) is 11.4. The molecular weight excluding hydrogens is 240 g/mol. The Kier molecular flexibility index (Phi) is 3.99. The minimum absolute atomic E-state index is 0.176. The smallest absolute Gasteiger partial charge is 0.0770 e. The van der Waals surface area contributed by atoms with E-state index in [9.17, 15) is 5.26 Å². The highest BCUT2D eigenvalue weighted by Gasteiger charge is 2.46. The van der Waals surface area contributed by atoms with E-state index >= 15 is 0 Å². The van der Waals surface area contributed by atoms with E-state index in [-0.39, 0.29) is 11.5 Å². The Hall–Kier alpha value is -0.980. The molecule has 2 nitrogen and oxygen atoms in total. The molecule has 96 valence electrons. The number of rotatable bonds is 4. The highest BCUT2D eigenvalue weighted by Crippen LogP contribution is 2.51. The number of thioether (sulfide) groups is 1. The van der Waals surface area contributed by atoms with Gasteiger partial charge in [-0.25, -0.2) is 0 Å². The molecular formula is C15H20N2S. The Morgan fingerprint density at radius 2 is 1.89 bits per heavy atom. The van der Waals surface area contributed by atoms with Gasteiger partial charge in [-0.1, -0.05) is 18.6 Å². The molecule has 3 heteroatoms. The van der Waals surface area contributed by atoms with E-state index in [0.717, 1.165) is 12.8 Å². The molecule has 0 radical (unpaired) electrons. The molecule has 0 bridgehead atoms. The van der Waals surface area contributed by atoms with Gasteiger partial charge in [-0.2, -0.15) is 5.26 Å². The molecule has 0 spiro atoms. The van der Waals surface area contributed by atoms with Crippen LogP contribution in [0.5, 0.6) is 0 Å². The van der Waals surface area contributed by atoms with E-state index in [1.807, 2.05) is 0 Å². The number of benzene rings is 1. The van der Waals surface area contributed by atoms with Crippen LogP contribution in [0.2, 0.25) is 0 Å². The quantitative estimate of drug-likeness (QED) is 0.772. The average molecular weight is 260 g/mol. The lowest BCUT2D eigenvalue weighted by Gasteiger charge is -2.45. The van der Waals surface area contributed by atoms with Gasteiger partial charge in [0.2, 0.25) is 0 Å². The van der Waals surface area contributed by atoms with Gasteiger partial charge in [-0.15, -0.1) is 11.8 Å². The highest BCUT2D eigenvalue weighted by molar-refractivity contribution is 7.98. The van der Waals surface area contributed by atoms with E-state index in [1.54, 1.807) is 11.8 Å².